The molecule has 0 aliphatic carbocycles. The molecule has 2 aromatic rings. The van der Waals surface area contributed by atoms with E-state index in [9.17, 15) is 4.79 Å². The zero-order valence-corrected chi connectivity index (χ0v) is 17.3. The predicted octanol–water partition coefficient (Wildman–Crippen LogP) is 3.41. The molecule has 1 amide bonds. The number of hydrogen-bond acceptors (Lipinski definition) is 4. The van der Waals surface area contributed by atoms with Crippen molar-refractivity contribution in [3.05, 3.63) is 53.1 Å². The second-order valence-electron chi connectivity index (χ2n) is 7.45. The second-order valence-corrected chi connectivity index (χ2v) is 7.85. The third-order valence-electron chi connectivity index (χ3n) is 4.58. The molecule has 0 aromatic heterocycles. The van der Waals surface area contributed by atoms with Crippen LogP contribution in [0.1, 0.15) is 30.5 Å². The number of benzene rings is 2. The first-order valence-electron chi connectivity index (χ1n) is 9.11. The number of nitrogens with one attached hydrogen (secondary N) is 3. The van der Waals surface area contributed by atoms with Gasteiger partial charge in [-0.1, -0.05) is 24.3 Å². The maximum Gasteiger partial charge on any atom is 0.276 e. The van der Waals surface area contributed by atoms with E-state index in [0.29, 0.717) is 16.6 Å². The van der Waals surface area contributed by atoms with Crippen molar-refractivity contribution in [1.29, 1.82) is 0 Å². The van der Waals surface area contributed by atoms with Crippen LogP contribution < -0.4 is 25.6 Å². The lowest BCUT2D eigenvalue weighted by molar-refractivity contribution is -0.123. The summed E-state index contributed by atoms with van der Waals surface area (Å²) in [5, 5.41) is 3.37. The molecule has 3 N–H and O–H groups in total. The highest BCUT2D eigenvalue weighted by atomic mass is 32.1. The van der Waals surface area contributed by atoms with E-state index in [1.54, 1.807) is 6.07 Å². The van der Waals surface area contributed by atoms with Gasteiger partial charge in [0.25, 0.3) is 5.91 Å². The van der Waals surface area contributed by atoms with Crippen molar-refractivity contribution in [1.82, 2.24) is 10.9 Å². The molecule has 148 valence electrons. The number of fused-ring (bicyclic) bond motifs is 1. The van der Waals surface area contributed by atoms with Gasteiger partial charge in [0, 0.05) is 17.7 Å². The molecule has 28 heavy (non-hydrogen) atoms. The molecule has 0 fully saturated rings. The summed E-state index contributed by atoms with van der Waals surface area (Å²) in [5.74, 6) is 0.926. The summed E-state index contributed by atoms with van der Waals surface area (Å²) in [4.78, 5) is 12.1. The molecule has 0 saturated heterocycles. The molecule has 0 bridgehead atoms. The predicted molar refractivity (Wildman–Crippen MR) is 114 cm³/mol. The monoisotopic (exact) mass is 399 g/mol. The summed E-state index contributed by atoms with van der Waals surface area (Å²) in [6.45, 7) is 7.93. The molecular weight excluding hydrogens is 374 g/mol. The summed E-state index contributed by atoms with van der Waals surface area (Å²) < 4.78 is 11.6. The molecule has 2 aromatic carbocycles. The van der Waals surface area contributed by atoms with Crippen molar-refractivity contribution < 1.29 is 14.3 Å². The fourth-order valence-corrected chi connectivity index (χ4v) is 3.21. The Morgan fingerprint density at radius 1 is 1.18 bits per heavy atom. The lowest BCUT2D eigenvalue weighted by Crippen LogP contribution is -2.45. The Hall–Kier alpha value is -2.80. The summed E-state index contributed by atoms with van der Waals surface area (Å²) in [6.07, 6.45) is 0.811. The van der Waals surface area contributed by atoms with E-state index in [1.165, 1.54) is 0 Å². The fourth-order valence-electron chi connectivity index (χ4n) is 3.05. The molecular formula is C21H25N3O3S. The molecule has 1 aliphatic heterocycles. The quantitative estimate of drug-likeness (QED) is 0.541. The van der Waals surface area contributed by atoms with Gasteiger partial charge in [0.1, 0.15) is 5.60 Å². The Morgan fingerprint density at radius 2 is 1.93 bits per heavy atom. The van der Waals surface area contributed by atoms with Crippen LogP contribution in [-0.4, -0.2) is 23.2 Å². The van der Waals surface area contributed by atoms with Gasteiger partial charge in [-0.3, -0.25) is 15.6 Å². The Bertz CT molecular complexity index is 912. The summed E-state index contributed by atoms with van der Waals surface area (Å²) in [6, 6.07) is 11.6. The SMILES string of the molecule is Cc1cccc(NC(=S)NNC(=O)COc2cccc3c2OC(C)(C)C3)c1C. The number of thiocarbonyl (C=S) groups is 1. The van der Waals surface area contributed by atoms with Gasteiger partial charge in [-0.15, -0.1) is 0 Å². The smallest absolute Gasteiger partial charge is 0.276 e. The number of rotatable bonds is 4. The Balaban J connectivity index is 1.49. The van der Waals surface area contributed by atoms with Gasteiger partial charge in [-0.2, -0.15) is 0 Å². The van der Waals surface area contributed by atoms with Gasteiger partial charge in [-0.05, 0) is 63.2 Å². The van der Waals surface area contributed by atoms with Gasteiger partial charge in [-0.25, -0.2) is 0 Å². The van der Waals surface area contributed by atoms with Gasteiger partial charge < -0.3 is 14.8 Å². The third kappa shape index (κ3) is 4.72. The van der Waals surface area contributed by atoms with E-state index < -0.39 is 0 Å². The van der Waals surface area contributed by atoms with Crippen molar-refractivity contribution in [2.45, 2.75) is 39.7 Å². The van der Waals surface area contributed by atoms with E-state index in [0.717, 1.165) is 28.8 Å². The third-order valence-corrected chi connectivity index (χ3v) is 4.79. The van der Waals surface area contributed by atoms with E-state index in [4.69, 9.17) is 21.7 Å². The standard InChI is InChI=1S/C21H25N3O3S/c1-13-7-5-9-16(14(13)2)22-20(28)24-23-18(25)12-26-17-10-6-8-15-11-21(3,4)27-19(15)17/h5-10H,11-12H2,1-4H3,(H,23,25)(H2,22,24,28). The number of para-hydroxylation sites is 1. The van der Waals surface area contributed by atoms with Crippen LogP contribution in [0, 0.1) is 13.8 Å². The van der Waals surface area contributed by atoms with Crippen molar-refractivity contribution in [3.63, 3.8) is 0 Å². The highest BCUT2D eigenvalue weighted by Crippen LogP contribution is 2.41. The number of aryl methyl sites for hydroxylation is 1. The van der Waals surface area contributed by atoms with Crippen molar-refractivity contribution in [2.75, 3.05) is 11.9 Å². The average molecular weight is 400 g/mol. The minimum absolute atomic E-state index is 0.153. The average Bonchev–Trinajstić information content (AvgIpc) is 2.96. The minimum atomic E-state index is -0.347. The normalized spacial score (nSPS) is 13.9. The summed E-state index contributed by atoms with van der Waals surface area (Å²) >= 11 is 5.23. The zero-order valence-electron chi connectivity index (χ0n) is 16.5. The number of hydrazine groups is 1. The van der Waals surface area contributed by atoms with Crippen LogP contribution in [0.25, 0.3) is 0 Å². The highest BCUT2D eigenvalue weighted by molar-refractivity contribution is 7.80. The van der Waals surface area contributed by atoms with Crippen LogP contribution in [-0.2, 0) is 11.2 Å². The van der Waals surface area contributed by atoms with Crippen LogP contribution in [0.2, 0.25) is 0 Å². The lowest BCUT2D eigenvalue weighted by atomic mass is 10.0. The lowest BCUT2D eigenvalue weighted by Gasteiger charge is -2.18. The highest BCUT2D eigenvalue weighted by Gasteiger charge is 2.32. The molecule has 0 spiro atoms. The number of amides is 1. The first kappa shape index (κ1) is 19.9. The van der Waals surface area contributed by atoms with Gasteiger partial charge in [0.05, 0.1) is 0 Å². The number of ether oxygens (including phenoxy) is 2. The van der Waals surface area contributed by atoms with E-state index in [1.807, 2.05) is 58.0 Å². The fraction of sp³-hybridized carbons (Fsp3) is 0.333. The van der Waals surface area contributed by atoms with Crippen LogP contribution >= 0.6 is 12.2 Å². The van der Waals surface area contributed by atoms with Crippen molar-refractivity contribution >= 4 is 28.9 Å². The number of carbonyl (C=O) groups is 1. The van der Waals surface area contributed by atoms with Crippen LogP contribution in [0.3, 0.4) is 0 Å². The van der Waals surface area contributed by atoms with Gasteiger partial charge >= 0.3 is 0 Å². The van der Waals surface area contributed by atoms with Crippen molar-refractivity contribution in [3.8, 4) is 11.5 Å². The first-order chi connectivity index (χ1) is 13.2. The zero-order chi connectivity index (χ0) is 20.3. The first-order valence-corrected chi connectivity index (χ1v) is 9.52. The molecule has 3 rings (SSSR count). The molecule has 1 heterocycles. The van der Waals surface area contributed by atoms with E-state index in [-0.39, 0.29) is 18.1 Å². The molecule has 0 atom stereocenters. The molecule has 0 unspecified atom stereocenters. The maximum absolute atomic E-state index is 12.1. The minimum Gasteiger partial charge on any atom is -0.483 e. The number of carbonyl (C=O) groups excluding carboxylic acids is 1. The molecule has 0 saturated carbocycles. The Morgan fingerprint density at radius 3 is 2.71 bits per heavy atom. The van der Waals surface area contributed by atoms with Crippen molar-refractivity contribution in [2.24, 2.45) is 0 Å². The summed E-state index contributed by atoms with van der Waals surface area (Å²) in [5.41, 5.74) is 9.19. The van der Waals surface area contributed by atoms with Gasteiger partial charge in [0.2, 0.25) is 0 Å². The Kier molecular flexibility index (Phi) is 5.74. The van der Waals surface area contributed by atoms with Crippen LogP contribution in [0.15, 0.2) is 36.4 Å². The largest absolute Gasteiger partial charge is 0.483 e. The molecule has 0 radical (unpaired) electrons. The topological polar surface area (TPSA) is 71.6 Å². The number of hydrogen-bond donors (Lipinski definition) is 3. The van der Waals surface area contributed by atoms with Gasteiger partial charge in [0.15, 0.2) is 23.2 Å². The van der Waals surface area contributed by atoms with E-state index >= 15 is 0 Å². The van der Waals surface area contributed by atoms with Crippen LogP contribution in [0.4, 0.5) is 5.69 Å². The second kappa shape index (κ2) is 8.06. The Labute approximate surface area is 170 Å². The number of anilines is 1. The van der Waals surface area contributed by atoms with Crippen LogP contribution in [0.5, 0.6) is 11.5 Å². The molecule has 7 heteroatoms. The molecule has 1 aliphatic rings. The maximum atomic E-state index is 12.1. The summed E-state index contributed by atoms with van der Waals surface area (Å²) in [7, 11) is 0. The van der Waals surface area contributed by atoms with E-state index in [2.05, 4.69) is 16.2 Å². The molecule has 6 nitrogen and oxygen atoms in total.